The van der Waals surface area contributed by atoms with E-state index in [1.165, 1.54) is 27.9 Å². The van der Waals surface area contributed by atoms with Crippen molar-refractivity contribution in [1.82, 2.24) is 0 Å². The summed E-state index contributed by atoms with van der Waals surface area (Å²) in [6.45, 7) is 0. The van der Waals surface area contributed by atoms with E-state index >= 15 is 0 Å². The quantitative estimate of drug-likeness (QED) is 0.322. The Kier molecular flexibility index (Phi) is 5.77. The molecular formula is C23H16Br2ClNO6. The van der Waals surface area contributed by atoms with Crippen molar-refractivity contribution in [3.63, 3.8) is 0 Å². The fourth-order valence-corrected chi connectivity index (χ4v) is 6.58. The molecule has 170 valence electrons. The van der Waals surface area contributed by atoms with E-state index in [2.05, 4.69) is 85.1 Å². The molecule has 1 aliphatic carbocycles. The first-order chi connectivity index (χ1) is 15.7. The van der Waals surface area contributed by atoms with E-state index in [9.17, 15) is 0 Å². The van der Waals surface area contributed by atoms with Crippen molar-refractivity contribution in [2.24, 2.45) is 0 Å². The van der Waals surface area contributed by atoms with Gasteiger partial charge in [-0.3, -0.25) is 0 Å². The predicted molar refractivity (Wildman–Crippen MR) is 111 cm³/mol. The van der Waals surface area contributed by atoms with E-state index in [0.29, 0.717) is 0 Å². The Bertz CT molecular complexity index is 1250. The third-order valence-corrected chi connectivity index (χ3v) is 7.82. The molecule has 0 fully saturated rings. The average Bonchev–Trinajstić information content (AvgIpc) is 3.50. The SMILES string of the molecule is Brc1ccc(Br)c2c1[C@H]1c3cccc[n+]3[C@@H]2CC1(c1ccoc1)c1ccoc1.[O-][Cl+3]([O-])([O-])[O-]. The zero-order valence-electron chi connectivity index (χ0n) is 16.8. The predicted octanol–water partition coefficient (Wildman–Crippen LogP) is 1.35. The van der Waals surface area contributed by atoms with Crippen molar-refractivity contribution in [3.05, 3.63) is 111 Å². The Morgan fingerprint density at radius 3 is 1.97 bits per heavy atom. The summed E-state index contributed by atoms with van der Waals surface area (Å²) in [5.41, 5.74) is 6.16. The fraction of sp³-hybridized carbons (Fsp3) is 0.174. The minimum Gasteiger partial charge on any atom is -0.472 e. The number of rotatable bonds is 2. The molecule has 10 heteroatoms. The van der Waals surface area contributed by atoms with Gasteiger partial charge < -0.3 is 8.83 Å². The lowest BCUT2D eigenvalue weighted by Crippen LogP contribution is -2.68. The lowest BCUT2D eigenvalue weighted by Gasteiger charge is -2.49. The summed E-state index contributed by atoms with van der Waals surface area (Å²) in [4.78, 5) is 0. The van der Waals surface area contributed by atoms with Crippen LogP contribution in [0.15, 0.2) is 91.5 Å². The lowest BCUT2D eigenvalue weighted by molar-refractivity contribution is -2.00. The molecule has 3 aromatic heterocycles. The van der Waals surface area contributed by atoms with Gasteiger partial charge in [0.25, 0.3) is 0 Å². The van der Waals surface area contributed by atoms with Crippen molar-refractivity contribution in [1.29, 1.82) is 0 Å². The molecule has 5 heterocycles. The molecule has 0 saturated heterocycles. The number of hydrogen-bond donors (Lipinski definition) is 0. The highest BCUT2D eigenvalue weighted by Crippen LogP contribution is 2.61. The smallest absolute Gasteiger partial charge is 0.190 e. The van der Waals surface area contributed by atoms with E-state index in [0.717, 1.165) is 15.4 Å². The molecule has 1 aromatic carbocycles. The number of hydrogen-bond acceptors (Lipinski definition) is 6. The Morgan fingerprint density at radius 2 is 1.42 bits per heavy atom. The fourth-order valence-electron chi connectivity index (χ4n) is 5.39. The van der Waals surface area contributed by atoms with Gasteiger partial charge in [0, 0.05) is 44.2 Å². The van der Waals surface area contributed by atoms with Gasteiger partial charge in [0.05, 0.1) is 36.4 Å². The molecule has 2 atom stereocenters. The van der Waals surface area contributed by atoms with Crippen LogP contribution in [0.5, 0.6) is 0 Å². The van der Waals surface area contributed by atoms with Crippen LogP contribution in [0.2, 0.25) is 0 Å². The highest BCUT2D eigenvalue weighted by molar-refractivity contribution is 9.11. The number of halogens is 3. The van der Waals surface area contributed by atoms with E-state index in [1.807, 2.05) is 12.5 Å². The molecule has 2 aliphatic heterocycles. The highest BCUT2D eigenvalue weighted by atomic mass is 79.9. The standard InChI is InChI=1S/C23H16Br2NO2.ClHO4/c24-16-4-5-17(25)21-20(16)19-11-23(14-6-9-27-12-14,15-7-10-28-13-15)22(21)18-3-1-2-8-26(18)19;2-1(3,4)5/h1-10,12-13,19,22H,11H2;(H,2,3,4,5)/q+1;/p-1/t19-,22-;/m1./s1. The van der Waals surface area contributed by atoms with Crippen LogP contribution in [0.1, 0.15) is 46.3 Å². The molecule has 2 bridgehead atoms. The maximum atomic E-state index is 8.49. The van der Waals surface area contributed by atoms with Gasteiger partial charge in [0.2, 0.25) is 0 Å². The summed E-state index contributed by atoms with van der Waals surface area (Å²) < 4.78 is 49.9. The van der Waals surface area contributed by atoms with Gasteiger partial charge in [0.1, 0.15) is 0 Å². The van der Waals surface area contributed by atoms with Crippen LogP contribution >= 0.6 is 31.9 Å². The first kappa shape index (κ1) is 22.8. The summed E-state index contributed by atoms with van der Waals surface area (Å²) in [6, 6.07) is 15.2. The van der Waals surface area contributed by atoms with Crippen molar-refractivity contribution >= 4 is 31.9 Å². The van der Waals surface area contributed by atoms with Crippen LogP contribution < -0.4 is 23.2 Å². The first-order valence-electron chi connectivity index (χ1n) is 9.87. The molecule has 0 unspecified atom stereocenters. The van der Waals surface area contributed by atoms with Gasteiger partial charge in [-0.05, 0) is 29.8 Å². The zero-order valence-corrected chi connectivity index (χ0v) is 20.7. The first-order valence-corrected chi connectivity index (χ1v) is 12.7. The average molecular weight is 598 g/mol. The van der Waals surface area contributed by atoms with Crippen LogP contribution in [0.3, 0.4) is 0 Å². The Morgan fingerprint density at radius 1 is 0.848 bits per heavy atom. The van der Waals surface area contributed by atoms with E-state index in [-0.39, 0.29) is 17.4 Å². The number of nitrogens with zero attached hydrogens (tertiary/aromatic N) is 1. The third-order valence-electron chi connectivity index (χ3n) is 6.44. The summed E-state index contributed by atoms with van der Waals surface area (Å²) >= 11 is 7.70. The zero-order chi connectivity index (χ0) is 23.4. The highest BCUT2D eigenvalue weighted by Gasteiger charge is 2.61. The van der Waals surface area contributed by atoms with Crippen molar-refractivity contribution in [2.75, 3.05) is 0 Å². The van der Waals surface area contributed by atoms with Crippen LogP contribution in [-0.4, -0.2) is 0 Å². The maximum Gasteiger partial charge on any atom is 0.190 e. The molecule has 4 aromatic rings. The van der Waals surface area contributed by atoms with Crippen molar-refractivity contribution < 1.29 is 42.3 Å². The lowest BCUT2D eigenvalue weighted by atomic mass is 9.54. The Balaban J connectivity index is 0.000000416. The second-order valence-electron chi connectivity index (χ2n) is 7.92. The maximum absolute atomic E-state index is 8.49. The summed E-state index contributed by atoms with van der Waals surface area (Å²) in [7, 11) is -4.94. The number of furan rings is 2. The van der Waals surface area contributed by atoms with E-state index in [4.69, 9.17) is 27.5 Å². The number of pyridine rings is 1. The Hall–Kier alpha value is -1.98. The number of benzene rings is 1. The van der Waals surface area contributed by atoms with Crippen molar-refractivity contribution in [3.8, 4) is 0 Å². The van der Waals surface area contributed by atoms with Gasteiger partial charge in [-0.1, -0.05) is 37.9 Å². The molecular weight excluding hydrogens is 582 g/mol. The molecule has 0 spiro atoms. The minimum atomic E-state index is -4.94. The normalized spacial score (nSPS) is 19.9. The monoisotopic (exact) mass is 595 g/mol. The summed E-state index contributed by atoms with van der Waals surface area (Å²) in [5, 5.41) is 0. The molecule has 3 aliphatic rings. The molecule has 0 amide bonds. The number of fused-ring (bicyclic) bond motifs is 1. The third kappa shape index (κ3) is 3.77. The van der Waals surface area contributed by atoms with Crippen LogP contribution in [0.25, 0.3) is 0 Å². The van der Waals surface area contributed by atoms with Crippen molar-refractivity contribution in [2.45, 2.75) is 23.8 Å². The molecule has 0 saturated carbocycles. The van der Waals surface area contributed by atoms with E-state index < -0.39 is 10.2 Å². The summed E-state index contributed by atoms with van der Waals surface area (Å²) in [6.07, 6.45) is 10.5. The topological polar surface area (TPSA) is 122 Å². The Labute approximate surface area is 207 Å². The van der Waals surface area contributed by atoms with Crippen LogP contribution in [0.4, 0.5) is 0 Å². The van der Waals surface area contributed by atoms with E-state index in [1.54, 1.807) is 12.5 Å². The van der Waals surface area contributed by atoms with Gasteiger partial charge in [-0.25, -0.2) is 18.6 Å². The second-order valence-corrected chi connectivity index (χ2v) is 10.4. The van der Waals surface area contributed by atoms with Gasteiger partial charge in [-0.2, -0.15) is 4.57 Å². The second kappa shape index (κ2) is 8.35. The van der Waals surface area contributed by atoms with Crippen LogP contribution in [0, 0.1) is 10.2 Å². The van der Waals surface area contributed by atoms with Gasteiger partial charge in [-0.15, -0.1) is 10.2 Å². The molecule has 7 nitrogen and oxygen atoms in total. The molecule has 33 heavy (non-hydrogen) atoms. The minimum absolute atomic E-state index is 0.135. The molecule has 0 radical (unpaired) electrons. The number of aromatic nitrogens is 1. The largest absolute Gasteiger partial charge is 0.472 e. The molecule has 7 rings (SSSR count). The summed E-state index contributed by atoms with van der Waals surface area (Å²) in [5.74, 6) is 0.135. The van der Waals surface area contributed by atoms with Gasteiger partial charge >= 0.3 is 0 Å². The molecule has 0 N–H and O–H groups in total. The van der Waals surface area contributed by atoms with Crippen LogP contribution in [-0.2, 0) is 5.41 Å². The van der Waals surface area contributed by atoms with Gasteiger partial charge in [0.15, 0.2) is 17.9 Å².